The summed E-state index contributed by atoms with van der Waals surface area (Å²) in [5.41, 5.74) is 2.21. The van der Waals surface area contributed by atoms with Gasteiger partial charge in [0.15, 0.2) is 5.71 Å². The van der Waals surface area contributed by atoms with Crippen molar-refractivity contribution in [3.8, 4) is 0 Å². The Kier molecular flexibility index (Phi) is 28.4. The number of rotatable bonds is 8. The van der Waals surface area contributed by atoms with Gasteiger partial charge in [-0.2, -0.15) is 5.10 Å². The van der Waals surface area contributed by atoms with Gasteiger partial charge < -0.3 is 29.5 Å². The van der Waals surface area contributed by atoms with Gasteiger partial charge in [-0.25, -0.2) is 4.83 Å². The van der Waals surface area contributed by atoms with Gasteiger partial charge in [-0.05, 0) is 69.0 Å². The van der Waals surface area contributed by atoms with Gasteiger partial charge in [0.1, 0.15) is 0 Å². The number of halogens is 1. The maximum Gasteiger partial charge on any atom is 1.00 e. The zero-order chi connectivity index (χ0) is 41.2. The molecule has 4 heterocycles. The summed E-state index contributed by atoms with van der Waals surface area (Å²) in [5, 5.41) is 17.3. The maximum atomic E-state index is 12.5. The van der Waals surface area contributed by atoms with Gasteiger partial charge >= 0.3 is 57.4 Å². The first-order valence-corrected chi connectivity index (χ1v) is 21.2. The molecule has 0 spiro atoms. The molecular weight excluding hydrogens is 857 g/mol. The molecular formula is C44H60ArClKN5O7S-. The van der Waals surface area contributed by atoms with E-state index in [1.54, 1.807) is 49.9 Å². The van der Waals surface area contributed by atoms with Crippen LogP contribution < -0.4 is 66.6 Å². The SMILES string of the molecule is CC(C)(C)[O-].COC(=O)C(c1ccccc1)C1CCCCN1.Cl.O=C(/C(=N\NS(=O)[O-])c1ccccc1)N1CCCCC1.O=C1C(c2ccccc2)C2CCCCN12.[Ar].[K+]. The number of methoxy groups -OCH3 is 1. The summed E-state index contributed by atoms with van der Waals surface area (Å²) in [7, 11) is 1.46. The van der Waals surface area contributed by atoms with Crippen LogP contribution in [0.25, 0.3) is 0 Å². The van der Waals surface area contributed by atoms with Crippen molar-refractivity contribution in [1.82, 2.24) is 19.9 Å². The van der Waals surface area contributed by atoms with Crippen LogP contribution in [-0.4, -0.2) is 93.0 Å². The van der Waals surface area contributed by atoms with Crippen LogP contribution in [-0.2, 0) is 30.4 Å². The standard InChI is InChI=1S/C14H19NO2.C13H17N3O3S.C13H15NO.C4H9O.Ar.ClH.K/c1-17-14(16)13(11-7-3-2-4-8-11)12-9-5-6-10-15-12;17-13(16-9-5-2-6-10-16)12(14-15-20(18)19)11-7-3-1-4-8-11;15-13-12(10-6-2-1-3-7-10)11-8-4-5-9-14(11)13;1-4(2,3)5;;;/h2-4,7-8,12-13,15H,5-6,9-10H2,1H3;1,3-4,7-8,15H,2,5-6,9-10H2,(H,18,19);1-3,6-7,11-12H,4-5,8-9H2;1-3H3;;1H;/q;;;-1;;;+1/p-1/b;14-12-;;;;;. The van der Waals surface area contributed by atoms with E-state index in [1.807, 2.05) is 59.4 Å². The van der Waals surface area contributed by atoms with Gasteiger partial charge in [0, 0.05) is 75.0 Å². The number of ether oxygens (including phenoxy) is 1. The van der Waals surface area contributed by atoms with Crippen molar-refractivity contribution < 1.29 is 122 Å². The monoisotopic (exact) mass is 916 g/mol. The Balaban J connectivity index is 0.000000418. The summed E-state index contributed by atoms with van der Waals surface area (Å²) in [6.45, 7) is 8.24. The van der Waals surface area contributed by atoms with Crippen molar-refractivity contribution in [2.45, 2.75) is 108 Å². The minimum Gasteiger partial charge on any atom is -0.850 e. The molecule has 5 atom stereocenters. The van der Waals surface area contributed by atoms with Crippen LogP contribution in [0.5, 0.6) is 0 Å². The van der Waals surface area contributed by atoms with E-state index in [2.05, 4.69) is 27.5 Å². The summed E-state index contributed by atoms with van der Waals surface area (Å²) in [4.78, 5) is 42.0. The number of fused-ring (bicyclic) bond motifs is 1. The summed E-state index contributed by atoms with van der Waals surface area (Å²) >= 11 is -2.54. The van der Waals surface area contributed by atoms with Crippen molar-refractivity contribution in [1.29, 1.82) is 0 Å². The molecule has 0 aliphatic carbocycles. The molecule has 12 nitrogen and oxygen atoms in total. The molecule has 0 aromatic heterocycles. The Hall–Kier alpha value is -1.24. The van der Waals surface area contributed by atoms with E-state index >= 15 is 0 Å². The van der Waals surface area contributed by atoms with E-state index in [0.717, 1.165) is 44.3 Å². The molecule has 0 bridgehead atoms. The molecule has 3 aromatic rings. The van der Waals surface area contributed by atoms with Crippen molar-refractivity contribution >= 4 is 47.2 Å². The molecule has 0 saturated carbocycles. The van der Waals surface area contributed by atoms with Crippen LogP contribution >= 0.6 is 12.4 Å². The number of nitrogens with zero attached hydrogens (tertiary/aromatic N) is 3. The zero-order valence-electron chi connectivity index (χ0n) is 35.5. The van der Waals surface area contributed by atoms with Gasteiger partial charge in [-0.1, -0.05) is 118 Å². The average molecular weight is 918 g/mol. The Morgan fingerprint density at radius 3 is 1.92 bits per heavy atom. The minimum atomic E-state index is -2.54. The first kappa shape index (κ1) is 56.8. The fourth-order valence-electron chi connectivity index (χ4n) is 7.51. The van der Waals surface area contributed by atoms with E-state index < -0.39 is 16.9 Å². The van der Waals surface area contributed by atoms with E-state index in [-0.39, 0.29) is 137 Å². The Morgan fingerprint density at radius 2 is 1.38 bits per heavy atom. The first-order chi connectivity index (χ1) is 27.4. The molecule has 4 aliphatic rings. The predicted molar refractivity (Wildman–Crippen MR) is 228 cm³/mol. The number of benzene rings is 3. The molecule has 0 radical (unpaired) electrons. The van der Waals surface area contributed by atoms with Crippen molar-refractivity contribution in [2.75, 3.05) is 33.3 Å². The molecule has 326 valence electrons. The number of likely N-dealkylation sites (tertiary alicyclic amines) is 1. The number of carbonyl (C=O) groups excluding carboxylic acids is 3. The molecule has 2 amide bonds. The maximum absolute atomic E-state index is 12.5. The van der Waals surface area contributed by atoms with Crippen LogP contribution in [0.3, 0.4) is 0 Å². The summed E-state index contributed by atoms with van der Waals surface area (Å²) in [6.07, 6.45) is 10.1. The Bertz CT molecular complexity index is 1740. The number of amides is 2. The number of esters is 1. The average Bonchev–Trinajstić information content (AvgIpc) is 3.22. The molecule has 4 aliphatic heterocycles. The normalized spacial score (nSPS) is 20.5. The number of carbonyl (C=O) groups is 3. The third kappa shape index (κ3) is 18.8. The van der Waals surface area contributed by atoms with Crippen LogP contribution in [0.4, 0.5) is 0 Å². The van der Waals surface area contributed by atoms with Gasteiger partial charge in [-0.15, -0.1) is 18.0 Å². The fraction of sp³-hybridized carbons (Fsp3) is 0.500. The third-order valence-electron chi connectivity index (χ3n) is 10.1. The summed E-state index contributed by atoms with van der Waals surface area (Å²) in [6, 6.07) is 29.6. The van der Waals surface area contributed by atoms with Gasteiger partial charge in [0.2, 0.25) is 5.91 Å². The fourth-order valence-corrected chi connectivity index (χ4v) is 7.67. The second kappa shape index (κ2) is 30.0. The topological polar surface area (TPSA) is 167 Å². The molecule has 2 N–H and O–H groups in total. The predicted octanol–water partition coefficient (Wildman–Crippen LogP) is 2.61. The smallest absolute Gasteiger partial charge is 0.850 e. The molecule has 60 heavy (non-hydrogen) atoms. The first-order valence-electron chi connectivity index (χ1n) is 20.1. The van der Waals surface area contributed by atoms with E-state index in [0.29, 0.717) is 30.6 Å². The minimum absolute atomic E-state index is 0. The molecule has 7 rings (SSSR count). The van der Waals surface area contributed by atoms with E-state index in [9.17, 15) is 28.3 Å². The second-order valence-electron chi connectivity index (χ2n) is 15.6. The van der Waals surface area contributed by atoms with E-state index in [1.165, 1.54) is 44.8 Å². The van der Waals surface area contributed by atoms with Crippen LogP contribution in [0.1, 0.15) is 107 Å². The second-order valence-corrected chi connectivity index (χ2v) is 16.2. The van der Waals surface area contributed by atoms with E-state index in [4.69, 9.17) is 4.74 Å². The molecule has 5 unspecified atom stereocenters. The van der Waals surface area contributed by atoms with Crippen LogP contribution in [0.15, 0.2) is 96.1 Å². The number of hydrogen-bond donors (Lipinski definition) is 2. The Labute approximate surface area is 438 Å². The zero-order valence-corrected chi connectivity index (χ0v) is 41.0. The Morgan fingerprint density at radius 1 is 0.850 bits per heavy atom. The van der Waals surface area contributed by atoms with Crippen molar-refractivity contribution in [2.24, 2.45) is 5.10 Å². The largest absolute Gasteiger partial charge is 1.00 e. The molecule has 4 fully saturated rings. The molecule has 16 heteroatoms. The van der Waals surface area contributed by atoms with Crippen molar-refractivity contribution in [3.63, 3.8) is 0 Å². The summed E-state index contributed by atoms with van der Waals surface area (Å²) < 4.78 is 26.1. The third-order valence-corrected chi connectivity index (χ3v) is 10.4. The molecule has 4 saturated heterocycles. The quantitative estimate of drug-likeness (QED) is 0.0870. The number of piperidine rings is 3. The number of β-lactam (4-membered cyclic amide) rings is 1. The summed E-state index contributed by atoms with van der Waals surface area (Å²) in [5.74, 6) is -0.0663. The van der Waals surface area contributed by atoms with Crippen LogP contribution in [0.2, 0.25) is 0 Å². The number of nitrogens with one attached hydrogen (secondary N) is 2. The van der Waals surface area contributed by atoms with Gasteiger partial charge in [-0.3, -0.25) is 18.6 Å². The van der Waals surface area contributed by atoms with Crippen molar-refractivity contribution in [3.05, 3.63) is 108 Å². The molecule has 3 aromatic carbocycles. The van der Waals surface area contributed by atoms with Gasteiger partial charge in [0.25, 0.3) is 5.91 Å². The number of hydrogen-bond acceptors (Lipinski definition) is 9. The number of hydrazone groups is 1. The van der Waals surface area contributed by atoms with Crippen LogP contribution in [0, 0.1) is 37.7 Å². The van der Waals surface area contributed by atoms with Gasteiger partial charge in [0.05, 0.1) is 30.2 Å².